The van der Waals surface area contributed by atoms with E-state index >= 15 is 0 Å². The van der Waals surface area contributed by atoms with Gasteiger partial charge in [-0.15, -0.1) is 0 Å². The summed E-state index contributed by atoms with van der Waals surface area (Å²) in [5.41, 5.74) is 0.311. The van der Waals surface area contributed by atoms with Crippen LogP contribution in [0.3, 0.4) is 0 Å². The molecule has 0 aromatic carbocycles. The first-order valence-electron chi connectivity index (χ1n) is 16.3. The summed E-state index contributed by atoms with van der Waals surface area (Å²) >= 11 is 0. The Morgan fingerprint density at radius 2 is 1.24 bits per heavy atom. The maximum atomic E-state index is 13.7. The molecule has 0 N–H and O–H groups in total. The van der Waals surface area contributed by atoms with E-state index in [1.807, 2.05) is 27.7 Å². The van der Waals surface area contributed by atoms with Crippen molar-refractivity contribution in [3.8, 4) is 0 Å². The molecule has 0 heterocycles. The van der Waals surface area contributed by atoms with Gasteiger partial charge in [0, 0.05) is 30.2 Å². The third kappa shape index (κ3) is 15.4. The van der Waals surface area contributed by atoms with Gasteiger partial charge in [0.15, 0.2) is 8.32 Å². The van der Waals surface area contributed by atoms with E-state index in [1.54, 1.807) is 26.9 Å². The Balaban J connectivity index is 6.17. The lowest BCUT2D eigenvalue weighted by molar-refractivity contribution is -0.140. The van der Waals surface area contributed by atoms with Crippen LogP contribution >= 0.6 is 0 Å². The largest absolute Gasteiger partial charge is 0.460 e. The third-order valence-electron chi connectivity index (χ3n) is 9.60. The second-order valence-electron chi connectivity index (χ2n) is 13.9. The normalized spacial score (nSPS) is 18.4. The smallest absolute Gasteiger partial charge is 0.388 e. The summed E-state index contributed by atoms with van der Waals surface area (Å²) in [6, 6.07) is 0.930. The fourth-order valence-corrected chi connectivity index (χ4v) is 18.6. The van der Waals surface area contributed by atoms with Gasteiger partial charge < -0.3 is 18.3 Å². The number of hydrogen-bond donors (Lipinski definition) is 0. The minimum atomic E-state index is -4.41. The minimum Gasteiger partial charge on any atom is -0.460 e. The highest BCUT2D eigenvalue weighted by atomic mass is 28.4. The van der Waals surface area contributed by atoms with Crippen LogP contribution in [0.2, 0.25) is 50.4 Å². The van der Waals surface area contributed by atoms with Crippen molar-refractivity contribution in [2.75, 3.05) is 19.8 Å². The van der Waals surface area contributed by atoms with Gasteiger partial charge in [-0.1, -0.05) is 59.3 Å². The lowest BCUT2D eigenvalue weighted by Crippen LogP contribution is -2.68. The van der Waals surface area contributed by atoms with Crippen molar-refractivity contribution >= 4 is 30.7 Å². The van der Waals surface area contributed by atoms with Gasteiger partial charge in [-0.05, 0) is 71.3 Å². The predicted molar refractivity (Wildman–Crippen MR) is 177 cm³/mol. The Bertz CT molecular complexity index is 919. The standard InChI is InChI=1S/C31H60F6O5Si3/c1-12-15-23-44(10,24-17-30(32,33)34)41-29(7,14-3)45(11,25-18-31(35,36)37)42-28(6,13-2)43(8,9)22-16-19-39-20-21-40-27(38)26(4)5/h4,12-25H2,1-3,5-11H3/t28-,29-,44?,45?/m0/s1. The number of halogens is 6. The first-order chi connectivity index (χ1) is 20.3. The fourth-order valence-electron chi connectivity index (χ4n) is 5.57. The topological polar surface area (TPSA) is 54.0 Å². The quantitative estimate of drug-likeness (QED) is 0.0347. The maximum absolute atomic E-state index is 13.7. The van der Waals surface area contributed by atoms with Gasteiger partial charge >= 0.3 is 18.3 Å². The van der Waals surface area contributed by atoms with Gasteiger partial charge in [-0.2, -0.15) is 26.3 Å². The molecular weight excluding hydrogens is 651 g/mol. The molecule has 0 radical (unpaired) electrons. The number of ether oxygens (including phenoxy) is 2. The summed E-state index contributed by atoms with van der Waals surface area (Å²) in [7, 11) is -8.71. The number of rotatable bonds is 23. The summed E-state index contributed by atoms with van der Waals surface area (Å²) in [5.74, 6) is -0.475. The number of carbonyl (C=O) groups excluding carboxylic acids is 1. The van der Waals surface area contributed by atoms with E-state index in [2.05, 4.69) is 19.7 Å². The van der Waals surface area contributed by atoms with E-state index in [0.717, 1.165) is 12.5 Å². The third-order valence-corrected chi connectivity index (χ3v) is 23.4. The SMILES string of the molecule is C=C(C)C(=O)OCCOCCC[Si](C)(C)[C@@](C)(CC)O[Si](C)(CCC(F)(F)F)[C@@](C)(CC)O[Si](C)(CCCC)CCC(F)(F)F. The van der Waals surface area contributed by atoms with E-state index in [-0.39, 0.29) is 25.3 Å². The Hall–Kier alpha value is -0.679. The zero-order valence-corrected chi connectivity index (χ0v) is 32.4. The van der Waals surface area contributed by atoms with Crippen LogP contribution in [0.4, 0.5) is 26.3 Å². The van der Waals surface area contributed by atoms with Crippen molar-refractivity contribution in [2.45, 2.75) is 160 Å². The van der Waals surface area contributed by atoms with Crippen LogP contribution in [0.1, 0.15) is 86.5 Å². The first-order valence-corrected chi connectivity index (χ1v) is 24.9. The molecule has 0 aliphatic rings. The number of esters is 1. The van der Waals surface area contributed by atoms with Gasteiger partial charge in [0.05, 0.1) is 19.9 Å². The zero-order chi connectivity index (χ0) is 35.4. The average Bonchev–Trinajstić information content (AvgIpc) is 2.92. The second-order valence-corrected chi connectivity index (χ2v) is 27.6. The Morgan fingerprint density at radius 3 is 1.71 bits per heavy atom. The van der Waals surface area contributed by atoms with E-state index in [1.165, 1.54) is 0 Å². The Kier molecular flexibility index (Phi) is 17.9. The molecule has 0 rings (SSSR count). The van der Waals surface area contributed by atoms with Crippen molar-refractivity contribution in [2.24, 2.45) is 0 Å². The van der Waals surface area contributed by atoms with Crippen molar-refractivity contribution in [3.63, 3.8) is 0 Å². The molecule has 0 aromatic heterocycles. The molecule has 0 fully saturated rings. The molecule has 0 bridgehead atoms. The number of hydrogen-bond acceptors (Lipinski definition) is 5. The minimum absolute atomic E-state index is 0.116. The molecule has 0 saturated heterocycles. The lowest BCUT2D eigenvalue weighted by atomic mass is 10.3. The Morgan fingerprint density at radius 1 is 0.711 bits per heavy atom. The summed E-state index contributed by atoms with van der Waals surface area (Å²) in [5, 5.41) is -1.81. The molecule has 2 unspecified atom stereocenters. The Labute approximate surface area is 271 Å². The van der Waals surface area contributed by atoms with Crippen molar-refractivity contribution in [1.29, 1.82) is 0 Å². The fraction of sp³-hybridized carbons (Fsp3) is 0.903. The average molecular weight is 711 g/mol. The van der Waals surface area contributed by atoms with Crippen molar-refractivity contribution < 1.29 is 49.5 Å². The summed E-state index contributed by atoms with van der Waals surface area (Å²) in [6.45, 7) is 23.4. The highest BCUT2D eigenvalue weighted by Gasteiger charge is 2.57. The van der Waals surface area contributed by atoms with Gasteiger partial charge in [-0.3, -0.25) is 0 Å². The zero-order valence-electron chi connectivity index (χ0n) is 29.4. The van der Waals surface area contributed by atoms with Crippen LogP contribution in [0, 0.1) is 0 Å². The molecule has 0 saturated carbocycles. The number of carbonyl (C=O) groups is 1. The molecule has 0 aromatic rings. The van der Waals surface area contributed by atoms with Gasteiger partial charge in [0.25, 0.3) is 0 Å². The highest BCUT2D eigenvalue weighted by molar-refractivity contribution is 6.83. The van der Waals surface area contributed by atoms with E-state index in [4.69, 9.17) is 18.3 Å². The predicted octanol–water partition coefficient (Wildman–Crippen LogP) is 10.5. The van der Waals surface area contributed by atoms with Gasteiger partial charge in [0.2, 0.25) is 8.32 Å². The molecule has 45 heavy (non-hydrogen) atoms. The molecule has 0 aliphatic carbocycles. The maximum Gasteiger partial charge on any atom is 0.388 e. The van der Waals surface area contributed by atoms with Crippen LogP contribution in [0.15, 0.2) is 12.2 Å². The molecule has 0 spiro atoms. The molecule has 5 nitrogen and oxygen atoms in total. The highest BCUT2D eigenvalue weighted by Crippen LogP contribution is 2.45. The van der Waals surface area contributed by atoms with Crippen LogP contribution in [0.25, 0.3) is 0 Å². The molecule has 0 amide bonds. The van der Waals surface area contributed by atoms with Crippen molar-refractivity contribution in [3.05, 3.63) is 12.2 Å². The summed E-state index contributed by atoms with van der Waals surface area (Å²) in [4.78, 5) is 11.5. The molecule has 14 heteroatoms. The second kappa shape index (κ2) is 18.2. The molecular formula is C31H60F6O5Si3. The molecule has 0 aliphatic heterocycles. The molecule has 4 atom stereocenters. The number of unbranched alkanes of at least 4 members (excludes halogenated alkanes) is 1. The summed E-state index contributed by atoms with van der Waals surface area (Å²) < 4.78 is 106. The van der Waals surface area contributed by atoms with Crippen LogP contribution < -0.4 is 0 Å². The van der Waals surface area contributed by atoms with Crippen molar-refractivity contribution in [1.82, 2.24) is 0 Å². The molecule has 268 valence electrons. The first kappa shape index (κ1) is 44.3. The summed E-state index contributed by atoms with van der Waals surface area (Å²) in [6.07, 6.45) is -7.62. The van der Waals surface area contributed by atoms with E-state index in [9.17, 15) is 31.1 Å². The van der Waals surface area contributed by atoms with Gasteiger partial charge in [0.1, 0.15) is 6.61 Å². The van der Waals surface area contributed by atoms with Crippen LogP contribution in [-0.4, -0.2) is 73.3 Å². The van der Waals surface area contributed by atoms with Gasteiger partial charge in [-0.25, -0.2) is 4.79 Å². The van der Waals surface area contributed by atoms with Crippen LogP contribution in [0.5, 0.6) is 0 Å². The number of alkyl halides is 6. The van der Waals surface area contributed by atoms with Crippen LogP contribution in [-0.2, 0) is 23.1 Å². The lowest BCUT2D eigenvalue weighted by Gasteiger charge is -2.55. The monoisotopic (exact) mass is 710 g/mol. The van der Waals surface area contributed by atoms with E-state index < -0.39 is 66.3 Å². The van der Waals surface area contributed by atoms with E-state index in [0.29, 0.717) is 43.9 Å².